The summed E-state index contributed by atoms with van der Waals surface area (Å²) >= 11 is 0. The molecule has 0 fully saturated rings. The van der Waals surface area contributed by atoms with Crippen LogP contribution in [0.5, 0.6) is 0 Å². The molecule has 0 aliphatic rings. The standard InChI is InChI=1S/C14H2O6/c15-5-3-11(7-17)1-2-12(8-18)14(10-20)13(9-19)4-6-16/h3-4H. The van der Waals surface area contributed by atoms with Crippen LogP contribution in [0.2, 0.25) is 0 Å². The number of carbonyl (C=O) groups excluding carboxylic acids is 6. The second kappa shape index (κ2) is 9.31. The zero-order valence-corrected chi connectivity index (χ0v) is 9.60. The van der Waals surface area contributed by atoms with Crippen LogP contribution in [-0.4, -0.2) is 35.6 Å². The fourth-order valence-corrected chi connectivity index (χ4v) is 0.871. The van der Waals surface area contributed by atoms with Crippen molar-refractivity contribution in [3.8, 4) is 11.8 Å². The summed E-state index contributed by atoms with van der Waals surface area (Å²) < 4.78 is 0. The van der Waals surface area contributed by atoms with Gasteiger partial charge < -0.3 is 0 Å². The topological polar surface area (TPSA) is 102 Å². The molecule has 0 saturated carbocycles. The third-order valence-corrected chi connectivity index (χ3v) is 1.67. The average Bonchev–Trinajstić information content (AvgIpc) is 2.48. The lowest BCUT2D eigenvalue weighted by Crippen LogP contribution is -1.94. The Balaban J connectivity index is 5.93. The van der Waals surface area contributed by atoms with E-state index in [0.29, 0.717) is 12.2 Å². The first kappa shape index (κ1) is 16.3. The molecule has 0 aromatic carbocycles. The van der Waals surface area contributed by atoms with Crippen molar-refractivity contribution < 1.29 is 28.8 Å². The minimum absolute atomic E-state index is 0.444. The van der Waals surface area contributed by atoms with Crippen molar-refractivity contribution >= 4 is 35.6 Å². The van der Waals surface area contributed by atoms with Crippen molar-refractivity contribution in [3.05, 3.63) is 34.4 Å². The van der Waals surface area contributed by atoms with Gasteiger partial charge in [0.1, 0.15) is 52.4 Å². The molecule has 0 N–H and O–H groups in total. The van der Waals surface area contributed by atoms with Crippen LogP contribution in [0.25, 0.3) is 0 Å². The molecule has 6 heteroatoms. The molecular formula is C14H2O6. The van der Waals surface area contributed by atoms with Crippen molar-refractivity contribution in [2.24, 2.45) is 0 Å². The summed E-state index contributed by atoms with van der Waals surface area (Å²) in [6, 6.07) is 0. The van der Waals surface area contributed by atoms with Crippen LogP contribution >= 0.6 is 0 Å². The molecule has 0 amide bonds. The molecule has 0 aliphatic carbocycles. The molecule has 0 unspecified atom stereocenters. The Morgan fingerprint density at radius 3 is 1.70 bits per heavy atom. The summed E-state index contributed by atoms with van der Waals surface area (Å²) in [6.45, 7) is 0. The molecule has 0 radical (unpaired) electrons. The maximum atomic E-state index is 10.7. The predicted octanol–water partition coefficient (Wildman–Crippen LogP) is -1.20. The van der Waals surface area contributed by atoms with E-state index in [0.717, 1.165) is 0 Å². The molecule has 6 nitrogen and oxygen atoms in total. The SMILES string of the molecule is O=C=CC(=C=O)C#CC(=C=O)C(=C=O)C(=C=O)C=C=O. The number of rotatable bonds is 4. The van der Waals surface area contributed by atoms with Crippen LogP contribution in [0.15, 0.2) is 34.4 Å². The fourth-order valence-electron chi connectivity index (χ4n) is 0.871. The zero-order chi connectivity index (χ0) is 15.4. The second-order valence-corrected chi connectivity index (χ2v) is 2.76. The highest BCUT2D eigenvalue weighted by Gasteiger charge is 2.11. The third-order valence-electron chi connectivity index (χ3n) is 1.67. The summed E-state index contributed by atoms with van der Waals surface area (Å²) in [4.78, 5) is 62.4. The maximum absolute atomic E-state index is 10.7. The van der Waals surface area contributed by atoms with E-state index in [1.807, 2.05) is 11.8 Å². The predicted molar refractivity (Wildman–Crippen MR) is 65.1 cm³/mol. The number of hydrogen-bond donors (Lipinski definition) is 0. The van der Waals surface area contributed by atoms with E-state index in [4.69, 9.17) is 0 Å². The Morgan fingerprint density at radius 2 is 1.30 bits per heavy atom. The van der Waals surface area contributed by atoms with Crippen molar-refractivity contribution in [1.29, 1.82) is 0 Å². The van der Waals surface area contributed by atoms with Crippen LogP contribution in [0.4, 0.5) is 0 Å². The first-order valence-corrected chi connectivity index (χ1v) is 4.63. The Bertz CT molecular complexity index is 778. The Labute approximate surface area is 111 Å². The highest BCUT2D eigenvalue weighted by Crippen LogP contribution is 2.12. The molecule has 0 rings (SSSR count). The minimum Gasteiger partial charge on any atom is -0.233 e. The van der Waals surface area contributed by atoms with Gasteiger partial charge in [0.05, 0.1) is 5.57 Å². The lowest BCUT2D eigenvalue weighted by atomic mass is 10.0. The van der Waals surface area contributed by atoms with E-state index in [9.17, 15) is 28.8 Å². The van der Waals surface area contributed by atoms with Gasteiger partial charge in [-0.3, -0.25) is 0 Å². The van der Waals surface area contributed by atoms with Crippen LogP contribution in [0.3, 0.4) is 0 Å². The summed E-state index contributed by atoms with van der Waals surface area (Å²) in [5.41, 5.74) is -2.38. The molecule has 0 saturated heterocycles. The largest absolute Gasteiger partial charge is 0.233 e. The van der Waals surface area contributed by atoms with Gasteiger partial charge >= 0.3 is 0 Å². The summed E-state index contributed by atoms with van der Waals surface area (Å²) in [7, 11) is 0. The van der Waals surface area contributed by atoms with Gasteiger partial charge in [-0.2, -0.15) is 0 Å². The molecule has 0 aromatic heterocycles. The van der Waals surface area contributed by atoms with Gasteiger partial charge in [-0.1, -0.05) is 0 Å². The van der Waals surface area contributed by atoms with E-state index in [1.165, 1.54) is 35.6 Å². The Kier molecular flexibility index (Phi) is 7.57. The van der Waals surface area contributed by atoms with Gasteiger partial charge in [-0.25, -0.2) is 28.8 Å². The van der Waals surface area contributed by atoms with Crippen LogP contribution in [-0.2, 0) is 28.8 Å². The third kappa shape index (κ3) is 4.63. The normalized spacial score (nSPS) is 6.60. The number of allylic oxidation sites excluding steroid dienone is 6. The quantitative estimate of drug-likeness (QED) is 0.359. The lowest BCUT2D eigenvalue weighted by Gasteiger charge is -1.93. The van der Waals surface area contributed by atoms with Crippen molar-refractivity contribution in [2.45, 2.75) is 0 Å². The summed E-state index contributed by atoms with van der Waals surface area (Å²) in [6.07, 6.45) is 1.20. The monoisotopic (exact) mass is 266 g/mol. The summed E-state index contributed by atoms with van der Waals surface area (Å²) in [5, 5.41) is 0. The average molecular weight is 266 g/mol. The van der Waals surface area contributed by atoms with Gasteiger partial charge in [0.15, 0.2) is 0 Å². The lowest BCUT2D eigenvalue weighted by molar-refractivity contribution is 0.563. The Hall–Kier alpha value is -3.74. The van der Waals surface area contributed by atoms with Gasteiger partial charge in [0, 0.05) is 12.2 Å². The minimum atomic E-state index is -0.675. The molecular weight excluding hydrogens is 264 g/mol. The molecule has 0 bridgehead atoms. The van der Waals surface area contributed by atoms with E-state index in [2.05, 4.69) is 0 Å². The van der Waals surface area contributed by atoms with Crippen molar-refractivity contribution in [1.82, 2.24) is 0 Å². The molecule has 0 aromatic rings. The second-order valence-electron chi connectivity index (χ2n) is 2.76. The molecule has 20 heavy (non-hydrogen) atoms. The van der Waals surface area contributed by atoms with Gasteiger partial charge in [0.2, 0.25) is 0 Å². The van der Waals surface area contributed by atoms with Crippen LogP contribution in [0.1, 0.15) is 0 Å². The highest BCUT2D eigenvalue weighted by atomic mass is 16.1. The van der Waals surface area contributed by atoms with Crippen LogP contribution < -0.4 is 0 Å². The summed E-state index contributed by atoms with van der Waals surface area (Å²) in [5.74, 6) is 11.5. The van der Waals surface area contributed by atoms with Gasteiger partial charge in [-0.15, -0.1) is 0 Å². The maximum Gasteiger partial charge on any atom is 0.143 e. The van der Waals surface area contributed by atoms with E-state index in [1.54, 1.807) is 0 Å². The fraction of sp³-hybridized carbons (Fsp3) is 0. The van der Waals surface area contributed by atoms with Gasteiger partial charge in [-0.05, 0) is 11.8 Å². The zero-order valence-electron chi connectivity index (χ0n) is 9.60. The first-order valence-electron chi connectivity index (χ1n) is 4.63. The van der Waals surface area contributed by atoms with Crippen LogP contribution in [0, 0.1) is 11.8 Å². The molecule has 0 spiro atoms. The van der Waals surface area contributed by atoms with E-state index >= 15 is 0 Å². The first-order chi connectivity index (χ1) is 9.68. The Morgan fingerprint density at radius 1 is 0.650 bits per heavy atom. The molecule has 0 atom stereocenters. The smallest absolute Gasteiger partial charge is 0.143 e. The highest BCUT2D eigenvalue weighted by molar-refractivity contribution is 5.90. The molecule has 0 heterocycles. The van der Waals surface area contributed by atoms with Crippen molar-refractivity contribution in [2.75, 3.05) is 0 Å². The van der Waals surface area contributed by atoms with Crippen molar-refractivity contribution in [3.63, 3.8) is 0 Å². The van der Waals surface area contributed by atoms with E-state index < -0.39 is 22.3 Å². The number of hydrogen-bond acceptors (Lipinski definition) is 6. The van der Waals surface area contributed by atoms with E-state index in [-0.39, 0.29) is 0 Å². The van der Waals surface area contributed by atoms with Gasteiger partial charge in [0.25, 0.3) is 0 Å². The molecule has 94 valence electrons. The molecule has 0 aliphatic heterocycles.